The molecule has 54 valence electrons. The lowest BCUT2D eigenvalue weighted by Crippen LogP contribution is -2.17. The summed E-state index contributed by atoms with van der Waals surface area (Å²) in [6.07, 6.45) is 1.12. The molecule has 1 heteroatoms. The molecule has 0 aromatic heterocycles. The average Bonchev–Trinajstić information content (AvgIpc) is 1.84. The van der Waals surface area contributed by atoms with E-state index in [2.05, 4.69) is 20.8 Å². The third-order valence-electron chi connectivity index (χ3n) is 1.89. The lowest BCUT2D eigenvalue weighted by Gasteiger charge is -2.08. The van der Waals surface area contributed by atoms with E-state index in [-0.39, 0.29) is 6.04 Å². The third-order valence-corrected chi connectivity index (χ3v) is 1.89. The van der Waals surface area contributed by atoms with Crippen molar-refractivity contribution < 1.29 is 0 Å². The van der Waals surface area contributed by atoms with E-state index in [1.54, 1.807) is 0 Å². The van der Waals surface area contributed by atoms with Crippen molar-refractivity contribution in [2.24, 2.45) is 5.73 Å². The summed E-state index contributed by atoms with van der Waals surface area (Å²) >= 11 is 0. The Hall–Kier alpha value is -0.300. The van der Waals surface area contributed by atoms with Gasteiger partial charge in [0.25, 0.3) is 0 Å². The Bertz CT molecular complexity index is 112. The lowest BCUT2D eigenvalue weighted by molar-refractivity contribution is 0.831. The van der Waals surface area contributed by atoms with E-state index < -0.39 is 0 Å². The molecule has 0 aliphatic heterocycles. The van der Waals surface area contributed by atoms with E-state index in [9.17, 15) is 0 Å². The van der Waals surface area contributed by atoms with Crippen molar-refractivity contribution in [2.75, 3.05) is 0 Å². The largest absolute Gasteiger partial charge is 0.324 e. The van der Waals surface area contributed by atoms with E-state index in [1.807, 2.05) is 6.92 Å². The van der Waals surface area contributed by atoms with Crippen LogP contribution < -0.4 is 5.73 Å². The van der Waals surface area contributed by atoms with Crippen molar-refractivity contribution in [3.05, 3.63) is 11.1 Å². The van der Waals surface area contributed by atoms with E-state index >= 15 is 0 Å². The quantitative estimate of drug-likeness (QED) is 0.565. The van der Waals surface area contributed by atoms with Gasteiger partial charge in [0.15, 0.2) is 0 Å². The molecule has 0 bridgehead atoms. The summed E-state index contributed by atoms with van der Waals surface area (Å²) in [5, 5.41) is 0. The molecule has 1 nitrogen and oxygen atoms in total. The van der Waals surface area contributed by atoms with Crippen molar-refractivity contribution >= 4 is 0 Å². The normalized spacial score (nSPS) is 17.0. The van der Waals surface area contributed by atoms with Crippen LogP contribution in [0.4, 0.5) is 0 Å². The van der Waals surface area contributed by atoms with Crippen LogP contribution in [0.2, 0.25) is 0 Å². The van der Waals surface area contributed by atoms with Gasteiger partial charge in [-0.1, -0.05) is 18.1 Å². The second-order valence-electron chi connectivity index (χ2n) is 2.61. The Labute approximate surface area is 57.9 Å². The second kappa shape index (κ2) is 3.67. The minimum absolute atomic E-state index is 0.227. The van der Waals surface area contributed by atoms with E-state index in [1.165, 1.54) is 11.1 Å². The molecule has 1 unspecified atom stereocenters. The first-order chi connectivity index (χ1) is 4.09. The van der Waals surface area contributed by atoms with Gasteiger partial charge in [-0.3, -0.25) is 0 Å². The summed E-state index contributed by atoms with van der Waals surface area (Å²) in [4.78, 5) is 0. The van der Waals surface area contributed by atoms with E-state index in [0.29, 0.717) is 0 Å². The lowest BCUT2D eigenvalue weighted by atomic mass is 10.0. The van der Waals surface area contributed by atoms with Gasteiger partial charge in [-0.05, 0) is 27.2 Å². The maximum Gasteiger partial charge on any atom is 0.0224 e. The van der Waals surface area contributed by atoms with Crippen LogP contribution in [0, 0.1) is 0 Å². The predicted octanol–water partition coefficient (Wildman–Crippen LogP) is 2.08. The molecule has 0 spiro atoms. The van der Waals surface area contributed by atoms with Crippen molar-refractivity contribution in [3.8, 4) is 0 Å². The Morgan fingerprint density at radius 1 is 1.44 bits per heavy atom. The molecule has 0 amide bonds. The van der Waals surface area contributed by atoms with Gasteiger partial charge < -0.3 is 5.73 Å². The van der Waals surface area contributed by atoms with Gasteiger partial charge >= 0.3 is 0 Å². The van der Waals surface area contributed by atoms with Crippen molar-refractivity contribution in [2.45, 2.75) is 40.2 Å². The molecule has 0 radical (unpaired) electrons. The highest BCUT2D eigenvalue weighted by atomic mass is 14.6. The molecule has 0 heterocycles. The molecular formula is C8H17N. The fourth-order valence-electron chi connectivity index (χ4n) is 0.667. The molecule has 0 fully saturated rings. The Kier molecular flexibility index (Phi) is 3.55. The summed E-state index contributed by atoms with van der Waals surface area (Å²) in [6, 6.07) is 0.227. The van der Waals surface area contributed by atoms with E-state index in [4.69, 9.17) is 5.73 Å². The SMILES string of the molecule is CC/C(C)=C(\C)C(C)N. The third kappa shape index (κ3) is 2.66. The van der Waals surface area contributed by atoms with Gasteiger partial charge in [0.1, 0.15) is 0 Å². The Morgan fingerprint density at radius 3 is 2.00 bits per heavy atom. The van der Waals surface area contributed by atoms with Gasteiger partial charge in [-0.25, -0.2) is 0 Å². The molecule has 0 rings (SSSR count). The minimum Gasteiger partial charge on any atom is -0.324 e. The molecule has 1 atom stereocenters. The topological polar surface area (TPSA) is 26.0 Å². The second-order valence-corrected chi connectivity index (χ2v) is 2.61. The zero-order valence-electron chi connectivity index (χ0n) is 6.86. The van der Waals surface area contributed by atoms with Gasteiger partial charge in [-0.2, -0.15) is 0 Å². The summed E-state index contributed by atoms with van der Waals surface area (Å²) in [7, 11) is 0. The zero-order chi connectivity index (χ0) is 7.44. The molecule has 0 aromatic rings. The van der Waals surface area contributed by atoms with Crippen LogP contribution in [-0.2, 0) is 0 Å². The predicted molar refractivity (Wildman–Crippen MR) is 42.3 cm³/mol. The van der Waals surface area contributed by atoms with Crippen LogP contribution in [0.1, 0.15) is 34.1 Å². The van der Waals surface area contributed by atoms with Crippen molar-refractivity contribution in [3.63, 3.8) is 0 Å². The van der Waals surface area contributed by atoms with Crippen LogP contribution in [0.15, 0.2) is 11.1 Å². The first-order valence-electron chi connectivity index (χ1n) is 3.51. The molecule has 0 aliphatic carbocycles. The molecule has 0 saturated carbocycles. The maximum atomic E-state index is 5.65. The van der Waals surface area contributed by atoms with Crippen molar-refractivity contribution in [1.82, 2.24) is 0 Å². The van der Waals surface area contributed by atoms with Crippen LogP contribution in [0.5, 0.6) is 0 Å². The number of allylic oxidation sites excluding steroid dienone is 1. The standard InChI is InChI=1S/C8H17N/c1-5-6(2)7(3)8(4)9/h8H,5,9H2,1-4H3/b7-6+. The Morgan fingerprint density at radius 2 is 1.89 bits per heavy atom. The van der Waals surface area contributed by atoms with Crippen LogP contribution in [0.25, 0.3) is 0 Å². The average molecular weight is 127 g/mol. The molecule has 0 aromatic carbocycles. The summed E-state index contributed by atoms with van der Waals surface area (Å²) < 4.78 is 0. The molecule has 0 aliphatic rings. The van der Waals surface area contributed by atoms with Crippen LogP contribution in [-0.4, -0.2) is 6.04 Å². The first-order valence-corrected chi connectivity index (χ1v) is 3.51. The number of nitrogens with two attached hydrogens (primary N) is 1. The fraction of sp³-hybridized carbons (Fsp3) is 0.750. The van der Waals surface area contributed by atoms with Gasteiger partial charge in [-0.15, -0.1) is 0 Å². The number of rotatable bonds is 2. The van der Waals surface area contributed by atoms with Gasteiger partial charge in [0.05, 0.1) is 0 Å². The highest BCUT2D eigenvalue weighted by Crippen LogP contribution is 2.08. The zero-order valence-corrected chi connectivity index (χ0v) is 6.86. The van der Waals surface area contributed by atoms with Gasteiger partial charge in [0.2, 0.25) is 0 Å². The van der Waals surface area contributed by atoms with Crippen LogP contribution in [0.3, 0.4) is 0 Å². The molecule has 9 heavy (non-hydrogen) atoms. The van der Waals surface area contributed by atoms with E-state index in [0.717, 1.165) is 6.42 Å². The highest BCUT2D eigenvalue weighted by Gasteiger charge is 1.98. The smallest absolute Gasteiger partial charge is 0.0224 e. The number of hydrogen-bond acceptors (Lipinski definition) is 1. The summed E-state index contributed by atoms with van der Waals surface area (Å²) in [5.41, 5.74) is 8.41. The first kappa shape index (κ1) is 8.70. The highest BCUT2D eigenvalue weighted by molar-refractivity contribution is 5.13. The minimum atomic E-state index is 0.227. The van der Waals surface area contributed by atoms with Gasteiger partial charge in [0, 0.05) is 6.04 Å². The summed E-state index contributed by atoms with van der Waals surface area (Å²) in [6.45, 7) is 8.41. The maximum absolute atomic E-state index is 5.65. The Balaban J connectivity index is 4.10. The monoisotopic (exact) mass is 127 g/mol. The molecular weight excluding hydrogens is 110 g/mol. The molecule has 2 N–H and O–H groups in total. The van der Waals surface area contributed by atoms with Crippen LogP contribution >= 0.6 is 0 Å². The molecule has 0 saturated heterocycles. The fourth-order valence-corrected chi connectivity index (χ4v) is 0.667. The van der Waals surface area contributed by atoms with Crippen molar-refractivity contribution in [1.29, 1.82) is 0 Å². The number of hydrogen-bond donors (Lipinski definition) is 1. The summed E-state index contributed by atoms with van der Waals surface area (Å²) in [5.74, 6) is 0.